The number of nitrogens with zero attached hydrogens (tertiary/aromatic N) is 2. The SMILES string of the molecule is CCCN=C(N)N1CCC(NCCC)CC1. The number of nitrogens with two attached hydrogens (primary N) is 1. The molecule has 0 radical (unpaired) electrons. The Labute approximate surface area is 99.3 Å². The van der Waals surface area contributed by atoms with Gasteiger partial charge in [-0.25, -0.2) is 0 Å². The van der Waals surface area contributed by atoms with Crippen molar-refractivity contribution in [3.05, 3.63) is 0 Å². The summed E-state index contributed by atoms with van der Waals surface area (Å²) in [6.07, 6.45) is 4.64. The van der Waals surface area contributed by atoms with Crippen molar-refractivity contribution < 1.29 is 0 Å². The lowest BCUT2D eigenvalue weighted by Gasteiger charge is -2.33. The van der Waals surface area contributed by atoms with Gasteiger partial charge >= 0.3 is 0 Å². The van der Waals surface area contributed by atoms with Crippen molar-refractivity contribution in [2.24, 2.45) is 10.7 Å². The zero-order valence-electron chi connectivity index (χ0n) is 10.7. The van der Waals surface area contributed by atoms with Crippen LogP contribution in [0, 0.1) is 0 Å². The van der Waals surface area contributed by atoms with Gasteiger partial charge in [-0.15, -0.1) is 0 Å². The molecule has 4 heteroatoms. The topological polar surface area (TPSA) is 53.6 Å². The standard InChI is InChI=1S/C12H26N4/c1-3-7-14-11-5-9-16(10-6-11)12(13)15-8-4-2/h11,14H,3-10H2,1-2H3,(H2,13,15). The third-order valence-electron chi connectivity index (χ3n) is 3.00. The van der Waals surface area contributed by atoms with Crippen LogP contribution in [0.2, 0.25) is 0 Å². The summed E-state index contributed by atoms with van der Waals surface area (Å²) in [6.45, 7) is 8.39. The van der Waals surface area contributed by atoms with Gasteiger partial charge in [-0.2, -0.15) is 0 Å². The molecule has 0 aromatic rings. The van der Waals surface area contributed by atoms with E-state index in [9.17, 15) is 0 Å². The molecule has 1 aliphatic rings. The van der Waals surface area contributed by atoms with Crippen LogP contribution >= 0.6 is 0 Å². The van der Waals surface area contributed by atoms with Gasteiger partial charge in [0.15, 0.2) is 5.96 Å². The maximum absolute atomic E-state index is 5.94. The van der Waals surface area contributed by atoms with Gasteiger partial charge in [-0.05, 0) is 32.2 Å². The molecule has 0 bridgehead atoms. The average Bonchev–Trinajstić information content (AvgIpc) is 2.34. The lowest BCUT2D eigenvalue weighted by atomic mass is 10.1. The summed E-state index contributed by atoms with van der Waals surface area (Å²) >= 11 is 0. The highest BCUT2D eigenvalue weighted by Gasteiger charge is 2.19. The molecule has 0 spiro atoms. The Morgan fingerprint density at radius 2 is 2.00 bits per heavy atom. The molecule has 3 N–H and O–H groups in total. The van der Waals surface area contributed by atoms with Crippen molar-refractivity contribution in [1.29, 1.82) is 0 Å². The molecule has 0 aromatic carbocycles. The minimum absolute atomic E-state index is 0.676. The van der Waals surface area contributed by atoms with E-state index in [4.69, 9.17) is 5.73 Å². The van der Waals surface area contributed by atoms with Crippen molar-refractivity contribution in [3.8, 4) is 0 Å². The number of likely N-dealkylation sites (tertiary alicyclic amines) is 1. The van der Waals surface area contributed by atoms with E-state index in [0.717, 1.165) is 38.6 Å². The zero-order valence-corrected chi connectivity index (χ0v) is 10.7. The number of guanidine groups is 1. The molecule has 1 rings (SSSR count). The Morgan fingerprint density at radius 1 is 1.31 bits per heavy atom. The first-order valence-electron chi connectivity index (χ1n) is 6.56. The maximum Gasteiger partial charge on any atom is 0.191 e. The van der Waals surface area contributed by atoms with Crippen molar-refractivity contribution in [2.75, 3.05) is 26.2 Å². The van der Waals surface area contributed by atoms with E-state index >= 15 is 0 Å². The molecule has 0 aliphatic carbocycles. The summed E-state index contributed by atoms with van der Waals surface area (Å²) in [5.41, 5.74) is 5.94. The fraction of sp³-hybridized carbons (Fsp3) is 0.917. The maximum atomic E-state index is 5.94. The Bertz CT molecular complexity index is 207. The minimum Gasteiger partial charge on any atom is -0.370 e. The first-order valence-corrected chi connectivity index (χ1v) is 6.56. The number of rotatable bonds is 5. The number of hydrogen-bond donors (Lipinski definition) is 2. The number of piperidine rings is 1. The van der Waals surface area contributed by atoms with Crippen LogP contribution < -0.4 is 11.1 Å². The van der Waals surface area contributed by atoms with E-state index in [1.807, 2.05) is 0 Å². The summed E-state index contributed by atoms with van der Waals surface area (Å²) in [5, 5.41) is 3.57. The molecule has 0 atom stereocenters. The number of aliphatic imine (C=N–C) groups is 1. The van der Waals surface area contributed by atoms with E-state index in [1.54, 1.807) is 0 Å². The van der Waals surface area contributed by atoms with Crippen molar-refractivity contribution in [3.63, 3.8) is 0 Å². The van der Waals surface area contributed by atoms with E-state index in [1.165, 1.54) is 19.3 Å². The zero-order chi connectivity index (χ0) is 11.8. The summed E-state index contributed by atoms with van der Waals surface area (Å²) < 4.78 is 0. The van der Waals surface area contributed by atoms with Crippen molar-refractivity contribution >= 4 is 5.96 Å². The summed E-state index contributed by atoms with van der Waals surface area (Å²) in [6, 6.07) is 0.676. The Balaban J connectivity index is 2.25. The predicted octanol–water partition coefficient (Wildman–Crippen LogP) is 1.18. The van der Waals surface area contributed by atoms with Gasteiger partial charge in [0, 0.05) is 25.7 Å². The van der Waals surface area contributed by atoms with Crippen LogP contribution in [0.3, 0.4) is 0 Å². The molecule has 16 heavy (non-hydrogen) atoms. The molecule has 1 aliphatic heterocycles. The lowest BCUT2D eigenvalue weighted by molar-refractivity contribution is 0.280. The Kier molecular flexibility index (Phi) is 6.23. The molecule has 1 heterocycles. The molecule has 0 unspecified atom stereocenters. The summed E-state index contributed by atoms with van der Waals surface area (Å²) in [5.74, 6) is 0.732. The Hall–Kier alpha value is -0.770. The highest BCUT2D eigenvalue weighted by Crippen LogP contribution is 2.09. The van der Waals surface area contributed by atoms with E-state index in [0.29, 0.717) is 6.04 Å². The van der Waals surface area contributed by atoms with Crippen LogP contribution in [0.15, 0.2) is 4.99 Å². The smallest absolute Gasteiger partial charge is 0.191 e. The van der Waals surface area contributed by atoms with Crippen LogP contribution in [0.25, 0.3) is 0 Å². The highest BCUT2D eigenvalue weighted by atomic mass is 15.3. The van der Waals surface area contributed by atoms with Crippen LogP contribution in [0.5, 0.6) is 0 Å². The molecular weight excluding hydrogens is 200 g/mol. The van der Waals surface area contributed by atoms with Gasteiger partial charge < -0.3 is 16.0 Å². The monoisotopic (exact) mass is 226 g/mol. The van der Waals surface area contributed by atoms with Gasteiger partial charge in [0.2, 0.25) is 0 Å². The van der Waals surface area contributed by atoms with Crippen LogP contribution in [-0.2, 0) is 0 Å². The van der Waals surface area contributed by atoms with E-state index in [-0.39, 0.29) is 0 Å². The molecule has 0 saturated carbocycles. The van der Waals surface area contributed by atoms with Gasteiger partial charge in [0.1, 0.15) is 0 Å². The molecule has 0 amide bonds. The van der Waals surface area contributed by atoms with Crippen LogP contribution in [0.4, 0.5) is 0 Å². The van der Waals surface area contributed by atoms with Crippen LogP contribution in [-0.4, -0.2) is 43.1 Å². The number of nitrogens with one attached hydrogen (secondary N) is 1. The first-order chi connectivity index (χ1) is 7.77. The predicted molar refractivity (Wildman–Crippen MR) is 69.7 cm³/mol. The normalized spacial score (nSPS) is 19.1. The Morgan fingerprint density at radius 3 is 2.56 bits per heavy atom. The quantitative estimate of drug-likeness (QED) is 0.546. The van der Waals surface area contributed by atoms with E-state index < -0.39 is 0 Å². The fourth-order valence-electron chi connectivity index (χ4n) is 1.99. The average molecular weight is 226 g/mol. The molecule has 1 fully saturated rings. The lowest BCUT2D eigenvalue weighted by Crippen LogP contribution is -2.47. The minimum atomic E-state index is 0.676. The molecule has 94 valence electrons. The molecule has 1 saturated heterocycles. The van der Waals surface area contributed by atoms with Crippen molar-refractivity contribution in [2.45, 2.75) is 45.6 Å². The van der Waals surface area contributed by atoms with E-state index in [2.05, 4.69) is 29.1 Å². The fourth-order valence-corrected chi connectivity index (χ4v) is 1.99. The number of hydrogen-bond acceptors (Lipinski definition) is 2. The van der Waals surface area contributed by atoms with Crippen LogP contribution in [0.1, 0.15) is 39.5 Å². The molecular formula is C12H26N4. The second-order valence-corrected chi connectivity index (χ2v) is 4.46. The van der Waals surface area contributed by atoms with Gasteiger partial charge in [0.25, 0.3) is 0 Å². The van der Waals surface area contributed by atoms with Gasteiger partial charge in [-0.3, -0.25) is 4.99 Å². The molecule has 0 aromatic heterocycles. The second kappa shape index (κ2) is 7.49. The largest absolute Gasteiger partial charge is 0.370 e. The third kappa shape index (κ3) is 4.39. The van der Waals surface area contributed by atoms with Gasteiger partial charge in [-0.1, -0.05) is 13.8 Å². The second-order valence-electron chi connectivity index (χ2n) is 4.46. The summed E-state index contributed by atoms with van der Waals surface area (Å²) in [7, 11) is 0. The molecule has 4 nitrogen and oxygen atoms in total. The highest BCUT2D eigenvalue weighted by molar-refractivity contribution is 5.78. The third-order valence-corrected chi connectivity index (χ3v) is 3.00. The first kappa shape index (κ1) is 13.3. The summed E-state index contributed by atoms with van der Waals surface area (Å²) in [4.78, 5) is 6.56. The van der Waals surface area contributed by atoms with Crippen molar-refractivity contribution in [1.82, 2.24) is 10.2 Å². The van der Waals surface area contributed by atoms with Gasteiger partial charge in [0.05, 0.1) is 0 Å².